The normalized spacial score (nSPS) is 16.4. The molecule has 0 saturated carbocycles. The zero-order chi connectivity index (χ0) is 10.7. The summed E-state index contributed by atoms with van der Waals surface area (Å²) < 4.78 is 0. The fourth-order valence-electron chi connectivity index (χ4n) is 1.75. The summed E-state index contributed by atoms with van der Waals surface area (Å²) in [5.41, 5.74) is 5.39. The zero-order valence-electron chi connectivity index (χ0n) is 8.52. The molecule has 1 amide bonds. The number of aromatic nitrogens is 2. The number of primary amides is 1. The number of rotatable bonds is 2. The average Bonchev–Trinajstić information content (AvgIpc) is 2.30. The lowest BCUT2D eigenvalue weighted by molar-refractivity contribution is 0.0995. The van der Waals surface area contributed by atoms with E-state index in [0.29, 0.717) is 0 Å². The first-order valence-corrected chi connectivity index (χ1v) is 5.14. The molecule has 0 bridgehead atoms. The number of carbonyl (C=O) groups is 1. The van der Waals surface area contributed by atoms with Crippen molar-refractivity contribution in [2.24, 2.45) is 5.73 Å². The van der Waals surface area contributed by atoms with Gasteiger partial charge in [-0.15, -0.1) is 0 Å². The standard InChI is InChI=1S/C10H14N4O/c11-10(15)8-6-12-7-9(13-8)14-4-2-1-3-5-14/h6-7H,1-5H2,(H2,11,15). The number of hydrogen-bond acceptors (Lipinski definition) is 4. The lowest BCUT2D eigenvalue weighted by atomic mass is 10.1. The molecule has 1 aliphatic heterocycles. The van der Waals surface area contributed by atoms with E-state index in [9.17, 15) is 4.79 Å². The molecule has 80 valence electrons. The first-order chi connectivity index (χ1) is 7.27. The van der Waals surface area contributed by atoms with Gasteiger partial charge in [-0.05, 0) is 19.3 Å². The smallest absolute Gasteiger partial charge is 0.268 e. The minimum Gasteiger partial charge on any atom is -0.364 e. The van der Waals surface area contributed by atoms with Crippen LogP contribution in [0.25, 0.3) is 0 Å². The van der Waals surface area contributed by atoms with Gasteiger partial charge < -0.3 is 10.6 Å². The highest BCUT2D eigenvalue weighted by atomic mass is 16.1. The van der Waals surface area contributed by atoms with Gasteiger partial charge in [0.1, 0.15) is 11.5 Å². The number of nitrogens with two attached hydrogens (primary N) is 1. The van der Waals surface area contributed by atoms with Crippen molar-refractivity contribution in [2.45, 2.75) is 19.3 Å². The molecule has 0 aromatic carbocycles. The van der Waals surface area contributed by atoms with Crippen LogP contribution in [-0.4, -0.2) is 29.0 Å². The van der Waals surface area contributed by atoms with E-state index < -0.39 is 5.91 Å². The van der Waals surface area contributed by atoms with Crippen LogP contribution >= 0.6 is 0 Å². The Morgan fingerprint density at radius 2 is 2.00 bits per heavy atom. The largest absolute Gasteiger partial charge is 0.364 e. The number of anilines is 1. The minimum atomic E-state index is -0.527. The van der Waals surface area contributed by atoms with E-state index in [1.807, 2.05) is 0 Å². The number of hydrogen-bond donors (Lipinski definition) is 1. The van der Waals surface area contributed by atoms with Gasteiger partial charge in [0, 0.05) is 13.1 Å². The van der Waals surface area contributed by atoms with Crippen molar-refractivity contribution in [3.8, 4) is 0 Å². The Morgan fingerprint density at radius 1 is 1.27 bits per heavy atom. The summed E-state index contributed by atoms with van der Waals surface area (Å²) in [6, 6.07) is 0. The lowest BCUT2D eigenvalue weighted by Crippen LogP contribution is -2.30. The van der Waals surface area contributed by atoms with Crippen molar-refractivity contribution in [1.82, 2.24) is 9.97 Å². The highest BCUT2D eigenvalue weighted by Crippen LogP contribution is 2.16. The van der Waals surface area contributed by atoms with Crippen molar-refractivity contribution < 1.29 is 4.79 Å². The van der Waals surface area contributed by atoms with Crippen LogP contribution in [0.3, 0.4) is 0 Å². The third kappa shape index (κ3) is 2.23. The predicted molar refractivity (Wildman–Crippen MR) is 56.6 cm³/mol. The Bertz CT molecular complexity index is 360. The Hall–Kier alpha value is -1.65. The molecule has 0 radical (unpaired) electrons. The fourth-order valence-corrected chi connectivity index (χ4v) is 1.75. The summed E-state index contributed by atoms with van der Waals surface area (Å²) in [6.45, 7) is 1.97. The molecule has 2 N–H and O–H groups in total. The molecule has 1 saturated heterocycles. The molecule has 1 aromatic heterocycles. The van der Waals surface area contributed by atoms with Gasteiger partial charge in [-0.1, -0.05) is 0 Å². The third-order valence-corrected chi connectivity index (χ3v) is 2.55. The molecule has 2 rings (SSSR count). The molecular weight excluding hydrogens is 192 g/mol. The third-order valence-electron chi connectivity index (χ3n) is 2.55. The molecule has 0 atom stereocenters. The summed E-state index contributed by atoms with van der Waals surface area (Å²) in [6.07, 6.45) is 6.68. The molecule has 15 heavy (non-hydrogen) atoms. The van der Waals surface area contributed by atoms with Crippen molar-refractivity contribution in [2.75, 3.05) is 18.0 Å². The summed E-state index contributed by atoms with van der Waals surface area (Å²) >= 11 is 0. The lowest BCUT2D eigenvalue weighted by Gasteiger charge is -2.27. The summed E-state index contributed by atoms with van der Waals surface area (Å²) in [4.78, 5) is 21.2. The van der Waals surface area contributed by atoms with E-state index in [0.717, 1.165) is 18.9 Å². The van der Waals surface area contributed by atoms with Crippen molar-refractivity contribution in [3.05, 3.63) is 18.1 Å². The van der Waals surface area contributed by atoms with Crippen molar-refractivity contribution >= 4 is 11.7 Å². The van der Waals surface area contributed by atoms with Gasteiger partial charge in [-0.3, -0.25) is 9.78 Å². The molecule has 1 aliphatic rings. The van der Waals surface area contributed by atoms with Crippen LogP contribution in [0.2, 0.25) is 0 Å². The summed E-state index contributed by atoms with van der Waals surface area (Å²) in [5.74, 6) is 0.229. The zero-order valence-corrected chi connectivity index (χ0v) is 8.52. The van der Waals surface area contributed by atoms with E-state index in [1.165, 1.54) is 25.5 Å². The minimum absolute atomic E-state index is 0.234. The van der Waals surface area contributed by atoms with Crippen LogP contribution in [0.4, 0.5) is 5.82 Å². The SMILES string of the molecule is NC(=O)c1cncc(N2CCCCC2)n1. The number of carbonyl (C=O) groups excluding carboxylic acids is 1. The van der Waals surface area contributed by atoms with E-state index in [4.69, 9.17) is 5.73 Å². The maximum atomic E-state index is 10.9. The molecule has 0 unspecified atom stereocenters. The number of nitrogens with zero attached hydrogens (tertiary/aromatic N) is 3. The Balaban J connectivity index is 2.19. The van der Waals surface area contributed by atoms with Gasteiger partial charge in [-0.25, -0.2) is 4.98 Å². The Kier molecular flexibility index (Phi) is 2.80. The molecule has 2 heterocycles. The van der Waals surface area contributed by atoms with E-state index in [1.54, 1.807) is 6.20 Å². The molecule has 1 aromatic rings. The Labute approximate surface area is 88.3 Å². The van der Waals surface area contributed by atoms with Gasteiger partial charge in [0.15, 0.2) is 0 Å². The second-order valence-corrected chi connectivity index (χ2v) is 3.67. The van der Waals surface area contributed by atoms with Gasteiger partial charge >= 0.3 is 0 Å². The molecular formula is C10H14N4O. The number of piperidine rings is 1. The van der Waals surface area contributed by atoms with Gasteiger partial charge in [-0.2, -0.15) is 0 Å². The quantitative estimate of drug-likeness (QED) is 0.767. The maximum absolute atomic E-state index is 10.9. The average molecular weight is 206 g/mol. The molecule has 0 spiro atoms. The second-order valence-electron chi connectivity index (χ2n) is 3.67. The molecule has 5 heteroatoms. The second kappa shape index (κ2) is 4.25. The van der Waals surface area contributed by atoms with Crippen LogP contribution in [0.15, 0.2) is 12.4 Å². The van der Waals surface area contributed by atoms with E-state index >= 15 is 0 Å². The van der Waals surface area contributed by atoms with Crippen molar-refractivity contribution in [1.29, 1.82) is 0 Å². The van der Waals surface area contributed by atoms with E-state index in [-0.39, 0.29) is 5.69 Å². The van der Waals surface area contributed by atoms with Crippen LogP contribution < -0.4 is 10.6 Å². The summed E-state index contributed by atoms with van der Waals surface area (Å²) in [7, 11) is 0. The highest BCUT2D eigenvalue weighted by molar-refractivity contribution is 5.90. The number of amides is 1. The monoisotopic (exact) mass is 206 g/mol. The van der Waals surface area contributed by atoms with Crippen LogP contribution in [0.1, 0.15) is 29.8 Å². The van der Waals surface area contributed by atoms with Crippen LogP contribution in [0.5, 0.6) is 0 Å². The van der Waals surface area contributed by atoms with Gasteiger partial charge in [0.2, 0.25) is 0 Å². The molecule has 1 fully saturated rings. The molecule has 0 aliphatic carbocycles. The van der Waals surface area contributed by atoms with Crippen LogP contribution in [0, 0.1) is 0 Å². The van der Waals surface area contributed by atoms with Crippen LogP contribution in [-0.2, 0) is 0 Å². The van der Waals surface area contributed by atoms with Crippen molar-refractivity contribution in [3.63, 3.8) is 0 Å². The van der Waals surface area contributed by atoms with Gasteiger partial charge in [0.05, 0.1) is 12.4 Å². The van der Waals surface area contributed by atoms with E-state index in [2.05, 4.69) is 14.9 Å². The van der Waals surface area contributed by atoms with Gasteiger partial charge in [0.25, 0.3) is 5.91 Å². The Morgan fingerprint density at radius 3 is 2.67 bits per heavy atom. The first-order valence-electron chi connectivity index (χ1n) is 5.14. The highest BCUT2D eigenvalue weighted by Gasteiger charge is 2.13. The predicted octanol–water partition coefficient (Wildman–Crippen LogP) is 0.566. The maximum Gasteiger partial charge on any atom is 0.268 e. The fraction of sp³-hybridized carbons (Fsp3) is 0.500. The first kappa shape index (κ1) is 9.89. The topological polar surface area (TPSA) is 72.1 Å². The summed E-state index contributed by atoms with van der Waals surface area (Å²) in [5, 5.41) is 0. The molecule has 5 nitrogen and oxygen atoms in total.